The number of carboxylic acids is 1. The number of hydrogen-bond donors (Lipinski definition) is 2. The van der Waals surface area contributed by atoms with Crippen LogP contribution in [-0.2, 0) is 16.1 Å². The molecule has 2 aliphatic rings. The summed E-state index contributed by atoms with van der Waals surface area (Å²) >= 11 is 0. The molecule has 3 atom stereocenters. The second kappa shape index (κ2) is 14.5. The van der Waals surface area contributed by atoms with Gasteiger partial charge in [0.2, 0.25) is 0 Å². The number of aryl methyl sites for hydroxylation is 1. The van der Waals surface area contributed by atoms with Gasteiger partial charge < -0.3 is 20.1 Å². The Bertz CT molecular complexity index is 775. The van der Waals surface area contributed by atoms with E-state index in [0.29, 0.717) is 32.0 Å². The molecule has 6 nitrogen and oxygen atoms in total. The molecule has 2 aliphatic carbocycles. The molecule has 0 bridgehead atoms. The molecule has 2 fully saturated rings. The lowest BCUT2D eigenvalue weighted by Crippen LogP contribution is -2.46. The van der Waals surface area contributed by atoms with Crippen molar-refractivity contribution < 1.29 is 19.4 Å². The number of carboxylic acid groups (broad SMARTS) is 1. The molecule has 0 spiro atoms. The van der Waals surface area contributed by atoms with Crippen molar-refractivity contribution in [3.63, 3.8) is 0 Å². The Morgan fingerprint density at radius 2 is 1.83 bits per heavy atom. The van der Waals surface area contributed by atoms with Crippen molar-refractivity contribution in [2.24, 2.45) is 11.8 Å². The number of nitrogens with one attached hydrogen (secondary N) is 1. The predicted molar refractivity (Wildman–Crippen MR) is 139 cm³/mol. The van der Waals surface area contributed by atoms with Gasteiger partial charge in [0.15, 0.2) is 0 Å². The van der Waals surface area contributed by atoms with Gasteiger partial charge in [-0.15, -0.1) is 0 Å². The molecule has 3 rings (SSSR count). The van der Waals surface area contributed by atoms with Crippen LogP contribution in [0.25, 0.3) is 0 Å². The predicted octanol–water partition coefficient (Wildman–Crippen LogP) is 6.31. The number of carbonyl (C=O) groups excluding carboxylic acids is 1. The molecule has 0 radical (unpaired) electrons. The summed E-state index contributed by atoms with van der Waals surface area (Å²) in [6.07, 6.45) is 12.8. The van der Waals surface area contributed by atoms with E-state index in [2.05, 4.69) is 36.5 Å². The normalized spacial score (nSPS) is 21.9. The van der Waals surface area contributed by atoms with Crippen LogP contribution in [0.5, 0.6) is 0 Å². The minimum atomic E-state index is -0.670. The van der Waals surface area contributed by atoms with Gasteiger partial charge in [-0.05, 0) is 63.4 Å². The summed E-state index contributed by atoms with van der Waals surface area (Å²) < 4.78 is 6.28. The van der Waals surface area contributed by atoms with Crippen LogP contribution in [-0.4, -0.2) is 47.3 Å². The first kappa shape index (κ1) is 27.5. The average Bonchev–Trinajstić information content (AvgIpc) is 2.86. The number of rotatable bonds is 12. The summed E-state index contributed by atoms with van der Waals surface area (Å²) in [5.74, 6) is -0.356. The van der Waals surface area contributed by atoms with Crippen LogP contribution >= 0.6 is 0 Å². The molecule has 196 valence electrons. The van der Waals surface area contributed by atoms with E-state index in [1.165, 1.54) is 31.2 Å². The van der Waals surface area contributed by atoms with E-state index in [4.69, 9.17) is 4.74 Å². The van der Waals surface area contributed by atoms with E-state index < -0.39 is 5.97 Å². The zero-order valence-corrected chi connectivity index (χ0v) is 21.8. The average molecular weight is 487 g/mol. The molecule has 2 N–H and O–H groups in total. The Hall–Kier alpha value is -2.08. The van der Waals surface area contributed by atoms with E-state index in [9.17, 15) is 14.7 Å². The summed E-state index contributed by atoms with van der Waals surface area (Å²) in [5, 5.41) is 12.6. The Morgan fingerprint density at radius 3 is 2.51 bits per heavy atom. The zero-order valence-electron chi connectivity index (χ0n) is 21.8. The van der Waals surface area contributed by atoms with E-state index in [-0.39, 0.29) is 24.1 Å². The Labute approximate surface area is 211 Å². The zero-order chi connectivity index (χ0) is 25.0. The molecular formula is C29H46N2O4. The lowest BCUT2D eigenvalue weighted by Gasteiger charge is -2.31. The van der Waals surface area contributed by atoms with Crippen molar-refractivity contribution in [3.05, 3.63) is 35.4 Å². The van der Waals surface area contributed by atoms with Gasteiger partial charge in [-0.2, -0.15) is 0 Å². The molecule has 1 unspecified atom stereocenters. The highest BCUT2D eigenvalue weighted by Crippen LogP contribution is 2.31. The highest BCUT2D eigenvalue weighted by atomic mass is 16.5. The number of ether oxygens (including phenoxy) is 1. The summed E-state index contributed by atoms with van der Waals surface area (Å²) in [6, 6.07) is 8.70. The molecule has 0 heterocycles. The minimum absolute atomic E-state index is 0.0156. The maximum absolute atomic E-state index is 13.2. The lowest BCUT2D eigenvalue weighted by atomic mass is 9.82. The second-order valence-electron chi connectivity index (χ2n) is 10.7. The van der Waals surface area contributed by atoms with Gasteiger partial charge in [-0.3, -0.25) is 4.79 Å². The summed E-state index contributed by atoms with van der Waals surface area (Å²) in [6.45, 7) is 5.73. The fraction of sp³-hybridized carbons (Fsp3) is 0.724. The van der Waals surface area contributed by atoms with Crippen LogP contribution in [0.3, 0.4) is 0 Å². The summed E-state index contributed by atoms with van der Waals surface area (Å²) in [7, 11) is 0. The third kappa shape index (κ3) is 9.47. The quantitative estimate of drug-likeness (QED) is 0.363. The maximum atomic E-state index is 13.2. The van der Waals surface area contributed by atoms with Gasteiger partial charge in [0.05, 0.1) is 18.6 Å². The fourth-order valence-corrected chi connectivity index (χ4v) is 5.60. The van der Waals surface area contributed by atoms with Gasteiger partial charge in [-0.25, -0.2) is 4.79 Å². The van der Waals surface area contributed by atoms with Crippen LogP contribution in [0, 0.1) is 18.8 Å². The summed E-state index contributed by atoms with van der Waals surface area (Å²) in [4.78, 5) is 26.4. The van der Waals surface area contributed by atoms with Crippen LogP contribution in [0.4, 0.5) is 4.79 Å². The van der Waals surface area contributed by atoms with Crippen molar-refractivity contribution in [2.45, 2.75) is 110 Å². The maximum Gasteiger partial charge on any atom is 0.317 e. The van der Waals surface area contributed by atoms with Gasteiger partial charge in [-0.1, -0.05) is 68.9 Å². The van der Waals surface area contributed by atoms with E-state index >= 15 is 0 Å². The molecule has 1 aromatic carbocycles. The lowest BCUT2D eigenvalue weighted by molar-refractivity contribution is -0.142. The Morgan fingerprint density at radius 1 is 1.09 bits per heavy atom. The smallest absolute Gasteiger partial charge is 0.317 e. The third-order valence-corrected chi connectivity index (χ3v) is 7.93. The highest BCUT2D eigenvalue weighted by Gasteiger charge is 2.25. The van der Waals surface area contributed by atoms with Gasteiger partial charge in [0.1, 0.15) is 0 Å². The number of benzene rings is 1. The van der Waals surface area contributed by atoms with Crippen LogP contribution in [0.1, 0.15) is 95.1 Å². The first-order valence-electron chi connectivity index (χ1n) is 13.9. The van der Waals surface area contributed by atoms with Gasteiger partial charge in [0, 0.05) is 19.1 Å². The van der Waals surface area contributed by atoms with Crippen LogP contribution < -0.4 is 5.32 Å². The summed E-state index contributed by atoms with van der Waals surface area (Å²) in [5.41, 5.74) is 2.35. The minimum Gasteiger partial charge on any atom is -0.481 e. The largest absolute Gasteiger partial charge is 0.481 e. The molecule has 2 amide bonds. The number of hydrogen-bond acceptors (Lipinski definition) is 3. The highest BCUT2D eigenvalue weighted by molar-refractivity contribution is 5.74. The van der Waals surface area contributed by atoms with Crippen molar-refractivity contribution in [2.75, 3.05) is 13.2 Å². The number of amides is 2. The van der Waals surface area contributed by atoms with Crippen LogP contribution in [0.15, 0.2) is 24.3 Å². The number of urea groups is 1. The van der Waals surface area contributed by atoms with E-state index in [1.807, 2.05) is 11.8 Å². The molecular weight excluding hydrogens is 440 g/mol. The standard InChI is InChI=1S/C29H46N2O4/c1-3-25(28(32)33)17-16-23-8-7-11-27(20-23)35-19-18-31(21-24-14-12-22(2)13-15-24)29(34)30-26-9-5-4-6-10-26/h12-15,23,25-27H,3-11,16-21H2,1-2H3,(H,30,34)(H,32,33)/t23-,25?,27-/m0/s1. The fourth-order valence-electron chi connectivity index (χ4n) is 5.60. The second-order valence-corrected chi connectivity index (χ2v) is 10.7. The SMILES string of the molecule is CCC(CC[C@@H]1CCC[C@H](OCCN(Cc2ccc(C)cc2)C(=O)NC2CCCCC2)C1)C(=O)O. The van der Waals surface area contributed by atoms with Gasteiger partial charge in [0.25, 0.3) is 0 Å². The van der Waals surface area contributed by atoms with E-state index in [1.54, 1.807) is 0 Å². The molecule has 0 saturated heterocycles. The first-order valence-corrected chi connectivity index (χ1v) is 13.9. The third-order valence-electron chi connectivity index (χ3n) is 7.93. The Kier molecular flexibility index (Phi) is 11.4. The molecule has 1 aromatic rings. The monoisotopic (exact) mass is 486 g/mol. The van der Waals surface area contributed by atoms with Crippen LogP contribution in [0.2, 0.25) is 0 Å². The molecule has 0 aliphatic heterocycles. The molecule has 2 saturated carbocycles. The number of carbonyl (C=O) groups is 2. The van der Waals surface area contributed by atoms with Gasteiger partial charge >= 0.3 is 12.0 Å². The molecule has 0 aromatic heterocycles. The molecule has 35 heavy (non-hydrogen) atoms. The Balaban J connectivity index is 1.49. The number of aliphatic carboxylic acids is 1. The molecule has 6 heteroatoms. The van der Waals surface area contributed by atoms with Crippen molar-refractivity contribution in [1.29, 1.82) is 0 Å². The topological polar surface area (TPSA) is 78.9 Å². The van der Waals surface area contributed by atoms with Crippen molar-refractivity contribution >= 4 is 12.0 Å². The number of nitrogens with zero attached hydrogens (tertiary/aromatic N) is 1. The van der Waals surface area contributed by atoms with Crippen molar-refractivity contribution in [3.8, 4) is 0 Å². The van der Waals surface area contributed by atoms with E-state index in [0.717, 1.165) is 50.5 Å². The van der Waals surface area contributed by atoms with Crippen molar-refractivity contribution in [1.82, 2.24) is 10.2 Å². The first-order chi connectivity index (χ1) is 16.9.